The highest BCUT2D eigenvalue weighted by Gasteiger charge is 2.25. The molecule has 1 aliphatic rings. The van der Waals surface area contributed by atoms with E-state index in [-0.39, 0.29) is 6.10 Å². The van der Waals surface area contributed by atoms with Gasteiger partial charge in [-0.1, -0.05) is 12.1 Å². The van der Waals surface area contributed by atoms with Gasteiger partial charge in [0.05, 0.1) is 5.56 Å². The van der Waals surface area contributed by atoms with Gasteiger partial charge in [-0.05, 0) is 24.6 Å². The lowest BCUT2D eigenvalue weighted by molar-refractivity contribution is 0.242. The Morgan fingerprint density at radius 2 is 2.28 bits per heavy atom. The van der Waals surface area contributed by atoms with Crippen LogP contribution in [0.4, 0.5) is 0 Å². The normalized spacial score (nSPS) is 17.3. The molecule has 1 atom stereocenters. The highest BCUT2D eigenvalue weighted by atomic mass is 16.5. The second-order valence-corrected chi connectivity index (χ2v) is 4.50. The average Bonchev–Trinajstić information content (AvgIpc) is 2.81. The molecule has 0 amide bonds. The van der Waals surface area contributed by atoms with Gasteiger partial charge in [0, 0.05) is 24.9 Å². The number of ether oxygens (including phenoxy) is 1. The molecule has 0 saturated heterocycles. The Kier molecular flexibility index (Phi) is 2.72. The van der Waals surface area contributed by atoms with Gasteiger partial charge in [-0.2, -0.15) is 0 Å². The molecule has 1 aromatic carbocycles. The number of para-hydroxylation sites is 1. The fourth-order valence-corrected chi connectivity index (χ4v) is 2.22. The summed E-state index contributed by atoms with van der Waals surface area (Å²) >= 11 is 0. The third-order valence-electron chi connectivity index (χ3n) is 3.13. The highest BCUT2D eigenvalue weighted by Crippen LogP contribution is 2.37. The first-order valence-corrected chi connectivity index (χ1v) is 6.06. The molecule has 92 valence electrons. The van der Waals surface area contributed by atoms with Gasteiger partial charge in [0.15, 0.2) is 5.82 Å². The van der Waals surface area contributed by atoms with Gasteiger partial charge < -0.3 is 10.5 Å². The lowest BCUT2D eigenvalue weighted by Gasteiger charge is -2.09. The molecule has 3 rings (SSSR count). The van der Waals surface area contributed by atoms with E-state index in [2.05, 4.69) is 16.0 Å². The molecule has 4 heteroatoms. The number of nitrogens with two attached hydrogens (primary N) is 1. The molecule has 18 heavy (non-hydrogen) atoms. The number of aromatic nitrogens is 2. The summed E-state index contributed by atoms with van der Waals surface area (Å²) in [6, 6.07) is 7.97. The van der Waals surface area contributed by atoms with Gasteiger partial charge in [0.1, 0.15) is 11.9 Å². The van der Waals surface area contributed by atoms with Gasteiger partial charge in [0.25, 0.3) is 0 Å². The van der Waals surface area contributed by atoms with Crippen molar-refractivity contribution in [2.75, 3.05) is 6.54 Å². The number of rotatable bonds is 2. The fraction of sp³-hybridized carbons (Fsp3) is 0.286. The average molecular weight is 241 g/mol. The maximum atomic E-state index is 5.88. The van der Waals surface area contributed by atoms with Crippen molar-refractivity contribution in [2.45, 2.75) is 19.4 Å². The minimum absolute atomic E-state index is 0.0750. The number of hydrogen-bond acceptors (Lipinski definition) is 4. The van der Waals surface area contributed by atoms with Crippen LogP contribution in [0.25, 0.3) is 11.4 Å². The molecule has 2 N–H and O–H groups in total. The smallest absolute Gasteiger partial charge is 0.163 e. The van der Waals surface area contributed by atoms with Crippen LogP contribution in [0.3, 0.4) is 0 Å². The summed E-state index contributed by atoms with van der Waals surface area (Å²) in [5, 5.41) is 0. The van der Waals surface area contributed by atoms with E-state index < -0.39 is 0 Å². The minimum atomic E-state index is 0.0750. The zero-order valence-corrected chi connectivity index (χ0v) is 10.3. The van der Waals surface area contributed by atoms with Crippen LogP contribution < -0.4 is 10.5 Å². The zero-order chi connectivity index (χ0) is 12.5. The quantitative estimate of drug-likeness (QED) is 0.869. The van der Waals surface area contributed by atoms with Crippen molar-refractivity contribution in [3.8, 4) is 17.1 Å². The fourth-order valence-electron chi connectivity index (χ4n) is 2.22. The van der Waals surface area contributed by atoms with E-state index in [0.717, 1.165) is 23.4 Å². The van der Waals surface area contributed by atoms with Gasteiger partial charge in [0.2, 0.25) is 0 Å². The van der Waals surface area contributed by atoms with Gasteiger partial charge in [-0.3, -0.25) is 0 Å². The summed E-state index contributed by atoms with van der Waals surface area (Å²) in [5.74, 6) is 1.60. The maximum Gasteiger partial charge on any atom is 0.163 e. The molecule has 0 radical (unpaired) electrons. The summed E-state index contributed by atoms with van der Waals surface area (Å²) in [4.78, 5) is 8.77. The van der Waals surface area contributed by atoms with Crippen LogP contribution in [0.15, 0.2) is 30.5 Å². The molecule has 0 spiro atoms. The molecule has 1 aromatic heterocycles. The van der Waals surface area contributed by atoms with Crippen molar-refractivity contribution in [1.29, 1.82) is 0 Å². The van der Waals surface area contributed by atoms with E-state index >= 15 is 0 Å². The lowest BCUT2D eigenvalue weighted by atomic mass is 10.1. The monoisotopic (exact) mass is 241 g/mol. The molecule has 0 aliphatic carbocycles. The minimum Gasteiger partial charge on any atom is -0.488 e. The third kappa shape index (κ3) is 1.84. The lowest BCUT2D eigenvalue weighted by Crippen LogP contribution is -2.24. The van der Waals surface area contributed by atoms with E-state index in [4.69, 9.17) is 10.5 Å². The number of benzene rings is 1. The maximum absolute atomic E-state index is 5.88. The summed E-state index contributed by atoms with van der Waals surface area (Å²) < 4.78 is 5.88. The van der Waals surface area contributed by atoms with Gasteiger partial charge in [-0.25, -0.2) is 9.97 Å². The van der Waals surface area contributed by atoms with Crippen LogP contribution in [0.5, 0.6) is 5.75 Å². The van der Waals surface area contributed by atoms with Crippen molar-refractivity contribution in [3.05, 3.63) is 41.7 Å². The predicted octanol–water partition coefficient (Wildman–Crippen LogP) is 1.71. The Morgan fingerprint density at radius 3 is 3.06 bits per heavy atom. The van der Waals surface area contributed by atoms with Crippen LogP contribution in [-0.4, -0.2) is 22.6 Å². The second kappa shape index (κ2) is 4.38. The molecule has 2 heterocycles. The van der Waals surface area contributed by atoms with Crippen molar-refractivity contribution in [3.63, 3.8) is 0 Å². The number of fused-ring (bicyclic) bond motifs is 1. The number of nitrogens with zero attached hydrogens (tertiary/aromatic N) is 2. The van der Waals surface area contributed by atoms with Crippen molar-refractivity contribution < 1.29 is 4.74 Å². The van der Waals surface area contributed by atoms with Crippen LogP contribution >= 0.6 is 0 Å². The van der Waals surface area contributed by atoms with Crippen LogP contribution in [0, 0.1) is 6.92 Å². The summed E-state index contributed by atoms with van der Waals surface area (Å²) in [7, 11) is 0. The standard InChI is InChI=1S/C14H15N3O/c1-9-5-6-16-14(17-9)12-4-2-3-10-7-11(8-15)18-13(10)12/h2-6,11H,7-8,15H2,1H3/t11-/m1/s1. The van der Waals surface area contributed by atoms with E-state index in [1.807, 2.05) is 25.1 Å². The van der Waals surface area contributed by atoms with E-state index in [1.54, 1.807) is 6.20 Å². The SMILES string of the molecule is Cc1ccnc(-c2cccc3c2O[C@@H](CN)C3)n1. The first-order valence-electron chi connectivity index (χ1n) is 6.06. The number of aryl methyl sites for hydroxylation is 1. The molecule has 0 fully saturated rings. The summed E-state index contributed by atoms with van der Waals surface area (Å²) in [6.45, 7) is 2.49. The Morgan fingerprint density at radius 1 is 1.39 bits per heavy atom. The first-order chi connectivity index (χ1) is 8.78. The van der Waals surface area contributed by atoms with Crippen LogP contribution in [-0.2, 0) is 6.42 Å². The molecule has 0 saturated carbocycles. The molecular weight excluding hydrogens is 226 g/mol. The third-order valence-corrected chi connectivity index (χ3v) is 3.13. The topological polar surface area (TPSA) is 61.0 Å². The largest absolute Gasteiger partial charge is 0.488 e. The highest BCUT2D eigenvalue weighted by molar-refractivity contribution is 5.67. The predicted molar refractivity (Wildman–Crippen MR) is 69.4 cm³/mol. The Labute approximate surface area is 106 Å². The molecule has 0 bridgehead atoms. The first kappa shape index (κ1) is 11.2. The summed E-state index contributed by atoms with van der Waals surface area (Å²) in [6.07, 6.45) is 2.71. The van der Waals surface area contributed by atoms with E-state index in [0.29, 0.717) is 12.4 Å². The van der Waals surface area contributed by atoms with E-state index in [1.165, 1.54) is 5.56 Å². The zero-order valence-electron chi connectivity index (χ0n) is 10.3. The molecule has 0 unspecified atom stereocenters. The molecule has 1 aliphatic heterocycles. The van der Waals surface area contributed by atoms with Crippen molar-refractivity contribution in [1.82, 2.24) is 9.97 Å². The van der Waals surface area contributed by atoms with E-state index in [9.17, 15) is 0 Å². The van der Waals surface area contributed by atoms with Gasteiger partial charge >= 0.3 is 0 Å². The summed E-state index contributed by atoms with van der Waals surface area (Å²) in [5.41, 5.74) is 8.76. The van der Waals surface area contributed by atoms with Crippen LogP contribution in [0.2, 0.25) is 0 Å². The molecule has 4 nitrogen and oxygen atoms in total. The Bertz CT molecular complexity index is 583. The van der Waals surface area contributed by atoms with Crippen molar-refractivity contribution >= 4 is 0 Å². The van der Waals surface area contributed by atoms with Crippen LogP contribution in [0.1, 0.15) is 11.3 Å². The Balaban J connectivity index is 2.08. The molecular formula is C14H15N3O. The number of hydrogen-bond donors (Lipinski definition) is 1. The second-order valence-electron chi connectivity index (χ2n) is 4.50. The molecule has 2 aromatic rings. The Hall–Kier alpha value is -1.94. The van der Waals surface area contributed by atoms with Gasteiger partial charge in [-0.15, -0.1) is 0 Å². The van der Waals surface area contributed by atoms with Crippen molar-refractivity contribution in [2.24, 2.45) is 5.73 Å².